The third-order valence-corrected chi connectivity index (χ3v) is 3.52. The molecular formula is C11H19NO. The van der Waals surface area contributed by atoms with E-state index < -0.39 is 0 Å². The van der Waals surface area contributed by atoms with Crippen LogP contribution in [0.15, 0.2) is 0 Å². The van der Waals surface area contributed by atoms with Crippen molar-refractivity contribution >= 4 is 5.78 Å². The van der Waals surface area contributed by atoms with Gasteiger partial charge in [-0.25, -0.2) is 0 Å². The topological polar surface area (TPSA) is 29.1 Å². The lowest BCUT2D eigenvalue weighted by molar-refractivity contribution is -0.124. The number of piperidine rings is 2. The number of ketones is 1. The van der Waals surface area contributed by atoms with Crippen LogP contribution in [0.1, 0.15) is 45.4 Å². The summed E-state index contributed by atoms with van der Waals surface area (Å²) in [5.41, 5.74) is 0. The van der Waals surface area contributed by atoms with Gasteiger partial charge in [0, 0.05) is 24.4 Å². The van der Waals surface area contributed by atoms with Crippen LogP contribution in [0.2, 0.25) is 0 Å². The number of nitrogens with one attached hydrogen (secondary N) is 1. The van der Waals surface area contributed by atoms with Gasteiger partial charge < -0.3 is 5.32 Å². The first kappa shape index (κ1) is 9.20. The maximum atomic E-state index is 11.6. The standard InChI is InChI=1S/C11H19NO/c1-2-11(13)8-6-9-4-3-5-10(7-8)12-9/h8-10,12H,2-7H2,1H3. The molecule has 2 heteroatoms. The molecule has 0 aliphatic carbocycles. The van der Waals surface area contributed by atoms with Crippen molar-refractivity contribution in [1.29, 1.82) is 0 Å². The maximum Gasteiger partial charge on any atom is 0.135 e. The summed E-state index contributed by atoms with van der Waals surface area (Å²) in [6, 6.07) is 1.29. The van der Waals surface area contributed by atoms with Crippen LogP contribution in [0.25, 0.3) is 0 Å². The van der Waals surface area contributed by atoms with Gasteiger partial charge in [0.25, 0.3) is 0 Å². The number of Topliss-reactive ketones (excluding diaryl/α,β-unsaturated/α-hetero) is 1. The normalized spacial score (nSPS) is 38.7. The van der Waals surface area contributed by atoms with Crippen molar-refractivity contribution in [2.75, 3.05) is 0 Å². The number of carbonyl (C=O) groups excluding carboxylic acids is 1. The summed E-state index contributed by atoms with van der Waals surface area (Å²) in [5, 5.41) is 3.61. The fraction of sp³-hybridized carbons (Fsp3) is 0.909. The van der Waals surface area contributed by atoms with Crippen LogP contribution in [-0.2, 0) is 4.79 Å². The third-order valence-electron chi connectivity index (χ3n) is 3.52. The van der Waals surface area contributed by atoms with Gasteiger partial charge in [-0.1, -0.05) is 13.3 Å². The smallest absolute Gasteiger partial charge is 0.135 e. The minimum Gasteiger partial charge on any atom is -0.311 e. The van der Waals surface area contributed by atoms with Gasteiger partial charge in [0.15, 0.2) is 0 Å². The average molecular weight is 181 g/mol. The summed E-state index contributed by atoms with van der Waals surface area (Å²) in [4.78, 5) is 11.6. The van der Waals surface area contributed by atoms with Crippen LogP contribution in [0, 0.1) is 5.92 Å². The lowest BCUT2D eigenvalue weighted by Crippen LogP contribution is -2.49. The molecule has 0 saturated carbocycles. The molecular weight excluding hydrogens is 162 g/mol. The zero-order chi connectivity index (χ0) is 9.26. The van der Waals surface area contributed by atoms with Gasteiger partial charge in [0.05, 0.1) is 0 Å². The van der Waals surface area contributed by atoms with Crippen molar-refractivity contribution in [3.63, 3.8) is 0 Å². The fourth-order valence-corrected chi connectivity index (χ4v) is 2.82. The van der Waals surface area contributed by atoms with Crippen LogP contribution >= 0.6 is 0 Å². The second kappa shape index (κ2) is 3.79. The van der Waals surface area contributed by atoms with Gasteiger partial charge in [0.1, 0.15) is 5.78 Å². The zero-order valence-corrected chi connectivity index (χ0v) is 8.38. The van der Waals surface area contributed by atoms with Gasteiger partial charge in [0.2, 0.25) is 0 Å². The molecule has 0 aromatic carbocycles. The van der Waals surface area contributed by atoms with Crippen LogP contribution < -0.4 is 5.32 Å². The van der Waals surface area contributed by atoms with Gasteiger partial charge in [-0.2, -0.15) is 0 Å². The molecule has 0 aromatic heterocycles. The van der Waals surface area contributed by atoms with Crippen LogP contribution in [0.5, 0.6) is 0 Å². The van der Waals surface area contributed by atoms with Gasteiger partial charge >= 0.3 is 0 Å². The quantitative estimate of drug-likeness (QED) is 0.704. The molecule has 2 nitrogen and oxygen atoms in total. The SMILES string of the molecule is CCC(=O)C1CC2CCCC(C1)N2. The van der Waals surface area contributed by atoms with Crippen molar-refractivity contribution < 1.29 is 4.79 Å². The molecule has 0 spiro atoms. The van der Waals surface area contributed by atoms with Crippen molar-refractivity contribution in [1.82, 2.24) is 5.32 Å². The Morgan fingerprint density at radius 3 is 2.46 bits per heavy atom. The van der Waals surface area contributed by atoms with E-state index in [1.165, 1.54) is 19.3 Å². The van der Waals surface area contributed by atoms with Crippen molar-refractivity contribution in [2.45, 2.75) is 57.5 Å². The lowest BCUT2D eigenvalue weighted by Gasteiger charge is -2.39. The fourth-order valence-electron chi connectivity index (χ4n) is 2.82. The molecule has 2 heterocycles. The van der Waals surface area contributed by atoms with E-state index in [4.69, 9.17) is 0 Å². The number of carbonyl (C=O) groups is 1. The Hall–Kier alpha value is -0.370. The van der Waals surface area contributed by atoms with Crippen molar-refractivity contribution in [2.24, 2.45) is 5.92 Å². The molecule has 74 valence electrons. The van der Waals surface area contributed by atoms with E-state index in [0.29, 0.717) is 23.8 Å². The molecule has 13 heavy (non-hydrogen) atoms. The number of hydrogen-bond donors (Lipinski definition) is 1. The summed E-state index contributed by atoms with van der Waals surface area (Å²) in [7, 11) is 0. The van der Waals surface area contributed by atoms with E-state index >= 15 is 0 Å². The molecule has 2 bridgehead atoms. The molecule has 2 aliphatic heterocycles. The van der Waals surface area contributed by atoms with Crippen molar-refractivity contribution in [3.05, 3.63) is 0 Å². The first-order valence-electron chi connectivity index (χ1n) is 5.58. The first-order chi connectivity index (χ1) is 6.29. The molecule has 2 atom stereocenters. The van der Waals surface area contributed by atoms with Crippen molar-refractivity contribution in [3.8, 4) is 0 Å². The van der Waals surface area contributed by atoms with E-state index in [0.717, 1.165) is 19.3 Å². The lowest BCUT2D eigenvalue weighted by atomic mass is 9.78. The molecule has 0 aromatic rings. The van der Waals surface area contributed by atoms with Crippen LogP contribution in [-0.4, -0.2) is 17.9 Å². The molecule has 1 N–H and O–H groups in total. The van der Waals surface area contributed by atoms with Gasteiger partial charge in [-0.15, -0.1) is 0 Å². The summed E-state index contributed by atoms with van der Waals surface area (Å²) in [5.74, 6) is 0.861. The highest BCUT2D eigenvalue weighted by Gasteiger charge is 2.33. The highest BCUT2D eigenvalue weighted by Crippen LogP contribution is 2.30. The Labute approximate surface area is 80.1 Å². The second-order valence-corrected chi connectivity index (χ2v) is 4.48. The summed E-state index contributed by atoms with van der Waals surface area (Å²) in [6.07, 6.45) is 6.85. The second-order valence-electron chi connectivity index (χ2n) is 4.48. The van der Waals surface area contributed by atoms with E-state index in [2.05, 4.69) is 5.32 Å². The van der Waals surface area contributed by atoms with Crippen LogP contribution in [0.3, 0.4) is 0 Å². The average Bonchev–Trinajstić information content (AvgIpc) is 2.16. The first-order valence-corrected chi connectivity index (χ1v) is 5.58. The minimum absolute atomic E-state index is 0.376. The summed E-state index contributed by atoms with van der Waals surface area (Å²) >= 11 is 0. The van der Waals surface area contributed by atoms with Gasteiger partial charge in [-0.3, -0.25) is 4.79 Å². The largest absolute Gasteiger partial charge is 0.311 e. The number of hydrogen-bond acceptors (Lipinski definition) is 2. The molecule has 2 saturated heterocycles. The zero-order valence-electron chi connectivity index (χ0n) is 8.38. The molecule has 0 amide bonds. The molecule has 2 unspecified atom stereocenters. The highest BCUT2D eigenvalue weighted by atomic mass is 16.1. The third kappa shape index (κ3) is 1.93. The molecule has 0 radical (unpaired) electrons. The Balaban J connectivity index is 1.97. The maximum absolute atomic E-state index is 11.6. The Morgan fingerprint density at radius 2 is 1.92 bits per heavy atom. The molecule has 2 rings (SSSR count). The van der Waals surface area contributed by atoms with Crippen LogP contribution in [0.4, 0.5) is 0 Å². The Kier molecular flexibility index (Phi) is 2.68. The summed E-state index contributed by atoms with van der Waals surface area (Å²) < 4.78 is 0. The number of rotatable bonds is 2. The van der Waals surface area contributed by atoms with E-state index in [-0.39, 0.29) is 0 Å². The predicted octanol–water partition coefficient (Wildman–Crippen LogP) is 1.89. The molecule has 2 aliphatic rings. The van der Waals surface area contributed by atoms with Gasteiger partial charge in [-0.05, 0) is 25.7 Å². The molecule has 2 fully saturated rings. The van der Waals surface area contributed by atoms with E-state index in [1.54, 1.807) is 0 Å². The predicted molar refractivity (Wildman–Crippen MR) is 52.6 cm³/mol. The van der Waals surface area contributed by atoms with E-state index in [1.807, 2.05) is 6.92 Å². The monoisotopic (exact) mass is 181 g/mol. The Morgan fingerprint density at radius 1 is 1.31 bits per heavy atom. The Bertz CT molecular complexity index is 190. The number of fused-ring (bicyclic) bond motifs is 2. The minimum atomic E-state index is 0.376. The summed E-state index contributed by atoms with van der Waals surface area (Å²) in [6.45, 7) is 1.99. The van der Waals surface area contributed by atoms with E-state index in [9.17, 15) is 4.79 Å². The highest BCUT2D eigenvalue weighted by molar-refractivity contribution is 5.80.